The number of carbonyl (C=O) groups excluding carboxylic acids is 1. The van der Waals surface area contributed by atoms with E-state index in [1.807, 2.05) is 0 Å². The maximum absolute atomic E-state index is 11.3. The minimum Gasteiger partial charge on any atom is -0.478 e. The zero-order valence-electron chi connectivity index (χ0n) is 12.7. The topological polar surface area (TPSA) is 107 Å². The van der Waals surface area contributed by atoms with Crippen molar-refractivity contribution in [1.29, 1.82) is 0 Å². The Morgan fingerprint density at radius 1 is 1.09 bits per heavy atom. The molecule has 0 radical (unpaired) electrons. The van der Waals surface area contributed by atoms with Gasteiger partial charge in [0.05, 0.1) is 11.7 Å². The van der Waals surface area contributed by atoms with E-state index in [-0.39, 0.29) is 24.4 Å². The lowest BCUT2D eigenvalue weighted by atomic mass is 9.94. The molecule has 2 aromatic rings. The molecule has 0 aliphatic heterocycles. The highest BCUT2D eigenvalue weighted by Crippen LogP contribution is 2.29. The van der Waals surface area contributed by atoms with E-state index in [0.717, 1.165) is 0 Å². The Hall–Kier alpha value is -2.44. The number of carbonyl (C=O) groups is 2. The minimum atomic E-state index is -1.17. The van der Waals surface area contributed by atoms with Crippen LogP contribution in [-0.2, 0) is 4.79 Å². The molecule has 0 heterocycles. The van der Waals surface area contributed by atoms with E-state index in [0.29, 0.717) is 16.3 Å². The van der Waals surface area contributed by atoms with E-state index >= 15 is 0 Å². The summed E-state index contributed by atoms with van der Waals surface area (Å²) in [5.74, 6) is -1.25. The van der Waals surface area contributed by atoms with Gasteiger partial charge in [-0.25, -0.2) is 4.79 Å². The van der Waals surface area contributed by atoms with Gasteiger partial charge in [-0.3, -0.25) is 4.79 Å². The maximum atomic E-state index is 11.3. The van der Waals surface area contributed by atoms with Crippen LogP contribution >= 0.6 is 0 Å². The molecular formula is C17H19NO5. The summed E-state index contributed by atoms with van der Waals surface area (Å²) in [7, 11) is 0. The van der Waals surface area contributed by atoms with Crippen LogP contribution < -0.4 is 5.32 Å². The van der Waals surface area contributed by atoms with Crippen LogP contribution in [0.5, 0.6) is 0 Å². The van der Waals surface area contributed by atoms with Crippen molar-refractivity contribution in [2.24, 2.45) is 0 Å². The first-order valence-corrected chi connectivity index (χ1v) is 7.27. The van der Waals surface area contributed by atoms with Gasteiger partial charge in [-0.15, -0.1) is 0 Å². The molecule has 4 N–H and O–H groups in total. The summed E-state index contributed by atoms with van der Waals surface area (Å²) in [4.78, 5) is 22.1. The van der Waals surface area contributed by atoms with Crippen LogP contribution in [0.2, 0.25) is 0 Å². The second-order valence-corrected chi connectivity index (χ2v) is 5.34. The van der Waals surface area contributed by atoms with Gasteiger partial charge in [-0.2, -0.15) is 0 Å². The van der Waals surface area contributed by atoms with E-state index in [2.05, 4.69) is 5.32 Å². The molecule has 2 aromatic carbocycles. The van der Waals surface area contributed by atoms with Crippen LogP contribution in [0.15, 0.2) is 36.4 Å². The molecule has 1 amide bonds. The first-order valence-electron chi connectivity index (χ1n) is 7.27. The normalized spacial score (nSPS) is 13.5. The van der Waals surface area contributed by atoms with Crippen LogP contribution in [0, 0.1) is 0 Å². The fourth-order valence-corrected chi connectivity index (χ4v) is 2.54. The Morgan fingerprint density at radius 2 is 1.74 bits per heavy atom. The van der Waals surface area contributed by atoms with Crippen LogP contribution in [0.4, 0.5) is 0 Å². The van der Waals surface area contributed by atoms with E-state index < -0.39 is 18.2 Å². The van der Waals surface area contributed by atoms with Crippen molar-refractivity contribution in [3.63, 3.8) is 0 Å². The van der Waals surface area contributed by atoms with Gasteiger partial charge >= 0.3 is 5.97 Å². The lowest BCUT2D eigenvalue weighted by molar-refractivity contribution is -0.119. The van der Waals surface area contributed by atoms with E-state index in [1.54, 1.807) is 30.3 Å². The second-order valence-electron chi connectivity index (χ2n) is 5.34. The first-order chi connectivity index (χ1) is 10.9. The molecule has 0 aliphatic carbocycles. The number of carboxylic acids is 1. The molecule has 0 bridgehead atoms. The standard InChI is InChI=1S/C17H19NO5/c1-10(19)18-9-8-15(20)16(21)13-6-2-5-12-11(13)4-3-7-14(12)17(22)23/h2-7,15-16,20-21H,8-9H2,1H3,(H,18,19)(H,22,23). The van der Waals surface area contributed by atoms with Gasteiger partial charge < -0.3 is 20.6 Å². The predicted octanol–water partition coefficient (Wildman–Crippen LogP) is 1.46. The Balaban J connectivity index is 2.30. The number of fused-ring (bicyclic) bond motifs is 1. The molecule has 2 atom stereocenters. The number of nitrogens with one attached hydrogen (secondary N) is 1. The average molecular weight is 317 g/mol. The highest BCUT2D eigenvalue weighted by Gasteiger charge is 2.21. The summed E-state index contributed by atoms with van der Waals surface area (Å²) in [5, 5.41) is 33.4. The lowest BCUT2D eigenvalue weighted by Crippen LogP contribution is -2.27. The molecule has 23 heavy (non-hydrogen) atoms. The molecule has 0 aliphatic rings. The molecule has 0 fully saturated rings. The number of aliphatic hydroxyl groups is 2. The minimum absolute atomic E-state index is 0.143. The molecular weight excluding hydrogens is 298 g/mol. The van der Waals surface area contributed by atoms with Gasteiger partial charge in [0, 0.05) is 13.5 Å². The van der Waals surface area contributed by atoms with E-state index in [9.17, 15) is 24.9 Å². The molecule has 122 valence electrons. The van der Waals surface area contributed by atoms with Gasteiger partial charge in [0.2, 0.25) is 5.91 Å². The Morgan fingerprint density at radius 3 is 2.39 bits per heavy atom. The number of benzene rings is 2. The summed E-state index contributed by atoms with van der Waals surface area (Å²) in [6, 6.07) is 9.77. The largest absolute Gasteiger partial charge is 0.478 e. The van der Waals surface area contributed by atoms with E-state index in [4.69, 9.17) is 0 Å². The summed E-state index contributed by atoms with van der Waals surface area (Å²) in [5.41, 5.74) is 0.602. The molecule has 0 aromatic heterocycles. The Kier molecular flexibility index (Phi) is 5.31. The fourth-order valence-electron chi connectivity index (χ4n) is 2.54. The highest BCUT2D eigenvalue weighted by atomic mass is 16.4. The van der Waals surface area contributed by atoms with Crippen molar-refractivity contribution >= 4 is 22.6 Å². The van der Waals surface area contributed by atoms with Crippen LogP contribution in [0.1, 0.15) is 35.4 Å². The van der Waals surface area contributed by atoms with Crippen molar-refractivity contribution in [2.45, 2.75) is 25.6 Å². The Labute approximate surface area is 133 Å². The molecule has 2 unspecified atom stereocenters. The van der Waals surface area contributed by atoms with Gasteiger partial charge in [-0.05, 0) is 28.8 Å². The zero-order chi connectivity index (χ0) is 17.0. The maximum Gasteiger partial charge on any atom is 0.336 e. The van der Waals surface area contributed by atoms with Crippen molar-refractivity contribution in [3.8, 4) is 0 Å². The molecule has 0 spiro atoms. The summed E-state index contributed by atoms with van der Waals surface area (Å²) >= 11 is 0. The number of rotatable bonds is 6. The Bertz CT molecular complexity index is 728. The highest BCUT2D eigenvalue weighted by molar-refractivity contribution is 6.04. The smallest absolute Gasteiger partial charge is 0.336 e. The molecule has 0 saturated heterocycles. The molecule has 2 rings (SSSR count). The van der Waals surface area contributed by atoms with Crippen molar-refractivity contribution < 1.29 is 24.9 Å². The number of amides is 1. The number of carboxylic acid groups (broad SMARTS) is 1. The number of hydrogen-bond acceptors (Lipinski definition) is 4. The summed E-state index contributed by atoms with van der Waals surface area (Å²) in [6.07, 6.45) is -2.05. The SMILES string of the molecule is CC(=O)NCCC(O)C(O)c1cccc2c(C(=O)O)cccc12. The van der Waals surface area contributed by atoms with Gasteiger partial charge in [0.1, 0.15) is 6.10 Å². The molecule has 0 saturated carbocycles. The quantitative estimate of drug-likeness (QED) is 0.645. The van der Waals surface area contributed by atoms with Crippen molar-refractivity contribution in [1.82, 2.24) is 5.32 Å². The third-order valence-electron chi connectivity index (χ3n) is 3.68. The van der Waals surface area contributed by atoms with Crippen molar-refractivity contribution in [2.75, 3.05) is 6.54 Å². The number of hydrogen-bond donors (Lipinski definition) is 4. The second kappa shape index (κ2) is 7.21. The first kappa shape index (κ1) is 16.9. The van der Waals surface area contributed by atoms with Crippen LogP contribution in [0.3, 0.4) is 0 Å². The summed E-state index contributed by atoms with van der Waals surface area (Å²) < 4.78 is 0. The fraction of sp³-hybridized carbons (Fsp3) is 0.294. The number of aliphatic hydroxyl groups excluding tert-OH is 2. The summed E-state index contributed by atoms with van der Waals surface area (Å²) in [6.45, 7) is 1.62. The van der Waals surface area contributed by atoms with Crippen LogP contribution in [0.25, 0.3) is 10.8 Å². The number of aromatic carboxylic acids is 1. The third kappa shape index (κ3) is 3.85. The molecule has 6 nitrogen and oxygen atoms in total. The van der Waals surface area contributed by atoms with Gasteiger partial charge in [0.25, 0.3) is 0 Å². The van der Waals surface area contributed by atoms with Gasteiger partial charge in [0.15, 0.2) is 0 Å². The van der Waals surface area contributed by atoms with Gasteiger partial charge in [-0.1, -0.05) is 30.3 Å². The lowest BCUT2D eigenvalue weighted by Gasteiger charge is -2.20. The van der Waals surface area contributed by atoms with E-state index in [1.165, 1.54) is 13.0 Å². The van der Waals surface area contributed by atoms with Crippen LogP contribution in [-0.4, -0.2) is 39.8 Å². The molecule has 6 heteroatoms. The van der Waals surface area contributed by atoms with Crippen molar-refractivity contribution in [3.05, 3.63) is 47.5 Å². The average Bonchev–Trinajstić information content (AvgIpc) is 2.52. The zero-order valence-corrected chi connectivity index (χ0v) is 12.7. The third-order valence-corrected chi connectivity index (χ3v) is 3.68. The monoisotopic (exact) mass is 317 g/mol. The predicted molar refractivity (Wildman–Crippen MR) is 85.2 cm³/mol.